The maximum atomic E-state index is 12.6. The summed E-state index contributed by atoms with van der Waals surface area (Å²) in [4.78, 5) is 13.7. The monoisotopic (exact) mass is 418 g/mol. The quantitative estimate of drug-likeness (QED) is 0.492. The number of thiophene rings is 1. The molecule has 3 rings (SSSR count). The molecule has 0 spiro atoms. The molecule has 2 heterocycles. The van der Waals surface area contributed by atoms with Crippen molar-refractivity contribution in [2.45, 2.75) is 30.6 Å². The van der Waals surface area contributed by atoms with Crippen LogP contribution in [0.4, 0.5) is 5.13 Å². The molecule has 2 N–H and O–H groups in total. The third kappa shape index (κ3) is 5.79. The van der Waals surface area contributed by atoms with Gasteiger partial charge in [-0.2, -0.15) is 0 Å². The van der Waals surface area contributed by atoms with E-state index in [0.717, 1.165) is 32.9 Å². The van der Waals surface area contributed by atoms with E-state index in [1.54, 1.807) is 11.3 Å². The van der Waals surface area contributed by atoms with Gasteiger partial charge in [-0.25, -0.2) is 0 Å². The third-order valence-electron chi connectivity index (χ3n) is 3.80. The summed E-state index contributed by atoms with van der Waals surface area (Å²) in [5.74, 6) is 0.299. The molecule has 0 radical (unpaired) electrons. The number of amides is 1. The topological polar surface area (TPSA) is 66.9 Å². The summed E-state index contributed by atoms with van der Waals surface area (Å²) in [6.45, 7) is 5.04. The van der Waals surface area contributed by atoms with Crippen molar-refractivity contribution in [3.63, 3.8) is 0 Å². The average Bonchev–Trinajstić information content (AvgIpc) is 3.35. The Morgan fingerprint density at radius 3 is 2.74 bits per heavy atom. The molecule has 142 valence electrons. The number of nitrogens with one attached hydrogen (secondary N) is 2. The van der Waals surface area contributed by atoms with Crippen molar-refractivity contribution >= 4 is 45.5 Å². The molecule has 0 aliphatic rings. The predicted molar refractivity (Wildman–Crippen MR) is 115 cm³/mol. The molecule has 2 aromatic heterocycles. The minimum absolute atomic E-state index is 0.0164. The molecule has 0 aliphatic carbocycles. The van der Waals surface area contributed by atoms with Gasteiger partial charge in [0.2, 0.25) is 11.0 Å². The van der Waals surface area contributed by atoms with Crippen LogP contribution in [0.15, 0.2) is 46.1 Å². The molecule has 0 saturated carbocycles. The van der Waals surface area contributed by atoms with Crippen molar-refractivity contribution in [3.05, 3.63) is 57.8 Å². The fourth-order valence-corrected chi connectivity index (χ4v) is 4.83. The first-order valence-corrected chi connectivity index (χ1v) is 11.4. The summed E-state index contributed by atoms with van der Waals surface area (Å²) in [7, 11) is 0. The van der Waals surface area contributed by atoms with Gasteiger partial charge in [0, 0.05) is 11.4 Å². The van der Waals surface area contributed by atoms with Crippen LogP contribution in [0.2, 0.25) is 0 Å². The fraction of sp³-hybridized carbons (Fsp3) is 0.316. The molecule has 1 amide bonds. The molecule has 0 fully saturated rings. The number of benzene rings is 1. The molecule has 5 nitrogen and oxygen atoms in total. The Morgan fingerprint density at radius 2 is 2.04 bits per heavy atom. The second-order valence-electron chi connectivity index (χ2n) is 6.02. The molecule has 0 saturated heterocycles. The van der Waals surface area contributed by atoms with E-state index in [1.165, 1.54) is 28.7 Å². The van der Waals surface area contributed by atoms with E-state index in [1.807, 2.05) is 11.4 Å². The number of rotatable bonds is 9. The van der Waals surface area contributed by atoms with E-state index in [4.69, 9.17) is 0 Å². The molecule has 0 aliphatic heterocycles. The summed E-state index contributed by atoms with van der Waals surface area (Å²) in [5.41, 5.74) is 2.29. The summed E-state index contributed by atoms with van der Waals surface area (Å²) in [6, 6.07) is 12.2. The normalized spacial score (nSPS) is 11.9. The van der Waals surface area contributed by atoms with Crippen molar-refractivity contribution in [2.24, 2.45) is 0 Å². The Balaban J connectivity index is 1.61. The molecule has 1 aromatic carbocycles. The third-order valence-corrected chi connectivity index (χ3v) is 6.75. The lowest BCUT2D eigenvalue weighted by atomic mass is 10.0. The van der Waals surface area contributed by atoms with Gasteiger partial charge in [0.1, 0.15) is 0 Å². The predicted octanol–water partition coefficient (Wildman–Crippen LogP) is 4.73. The molecule has 0 bridgehead atoms. The van der Waals surface area contributed by atoms with E-state index in [9.17, 15) is 4.79 Å². The van der Waals surface area contributed by atoms with Gasteiger partial charge in [-0.3, -0.25) is 4.79 Å². The number of carbonyl (C=O) groups excluding carboxylic acids is 1. The second-order valence-corrected chi connectivity index (χ2v) is 9.19. The van der Waals surface area contributed by atoms with E-state index in [-0.39, 0.29) is 11.9 Å². The summed E-state index contributed by atoms with van der Waals surface area (Å²) in [5, 5.41) is 17.4. The maximum absolute atomic E-state index is 12.6. The number of thioether (sulfide) groups is 1. The van der Waals surface area contributed by atoms with Crippen LogP contribution < -0.4 is 10.6 Å². The van der Waals surface area contributed by atoms with Gasteiger partial charge in [0.25, 0.3) is 0 Å². The number of nitrogens with zero attached hydrogens (tertiary/aromatic N) is 2. The number of anilines is 1. The second kappa shape index (κ2) is 9.87. The maximum Gasteiger partial charge on any atom is 0.231 e. The van der Waals surface area contributed by atoms with Gasteiger partial charge in [-0.1, -0.05) is 65.9 Å². The molecule has 1 atom stereocenters. The van der Waals surface area contributed by atoms with Gasteiger partial charge >= 0.3 is 0 Å². The van der Waals surface area contributed by atoms with Gasteiger partial charge in [0.15, 0.2) is 4.34 Å². The van der Waals surface area contributed by atoms with Gasteiger partial charge in [0.05, 0.1) is 11.8 Å². The molecule has 1 unspecified atom stereocenters. The van der Waals surface area contributed by atoms with Gasteiger partial charge in [-0.05, 0) is 30.4 Å². The van der Waals surface area contributed by atoms with Crippen LogP contribution in [0, 0.1) is 6.92 Å². The van der Waals surface area contributed by atoms with Crippen LogP contribution in [0.5, 0.6) is 0 Å². The first-order valence-electron chi connectivity index (χ1n) is 8.75. The fourth-order valence-electron chi connectivity index (χ4n) is 2.43. The van der Waals surface area contributed by atoms with Crippen LogP contribution in [0.1, 0.15) is 35.4 Å². The Kier molecular flexibility index (Phi) is 7.25. The van der Waals surface area contributed by atoms with Crippen LogP contribution >= 0.6 is 34.4 Å². The lowest BCUT2D eigenvalue weighted by Crippen LogP contribution is -2.30. The average molecular weight is 419 g/mol. The number of carbonyl (C=O) groups is 1. The highest BCUT2D eigenvalue weighted by Crippen LogP contribution is 2.28. The lowest BCUT2D eigenvalue weighted by molar-refractivity contribution is -0.119. The zero-order chi connectivity index (χ0) is 19.1. The zero-order valence-electron chi connectivity index (χ0n) is 15.3. The standard InChI is InChI=1S/C19H22N4OS3/c1-3-10-20-18-22-23-19(27-18)26-12-16(24)21-17(15-5-4-11-25-15)14-8-6-13(2)7-9-14/h4-9,11,17H,3,10,12H2,1-2H3,(H,20,22)(H,21,24). The summed E-state index contributed by atoms with van der Waals surface area (Å²) in [6.07, 6.45) is 1.04. The highest BCUT2D eigenvalue weighted by molar-refractivity contribution is 8.01. The van der Waals surface area contributed by atoms with Gasteiger partial charge < -0.3 is 10.6 Å². The van der Waals surface area contributed by atoms with Crippen molar-refractivity contribution in [2.75, 3.05) is 17.6 Å². The van der Waals surface area contributed by atoms with Crippen molar-refractivity contribution in [1.82, 2.24) is 15.5 Å². The lowest BCUT2D eigenvalue weighted by Gasteiger charge is -2.18. The Labute approximate surface area is 171 Å². The Morgan fingerprint density at radius 1 is 1.22 bits per heavy atom. The smallest absolute Gasteiger partial charge is 0.231 e. The highest BCUT2D eigenvalue weighted by Gasteiger charge is 2.18. The molecule has 27 heavy (non-hydrogen) atoms. The molecular weight excluding hydrogens is 396 g/mol. The van der Waals surface area contributed by atoms with E-state index >= 15 is 0 Å². The van der Waals surface area contributed by atoms with Gasteiger partial charge in [-0.15, -0.1) is 21.5 Å². The molecule has 8 heteroatoms. The van der Waals surface area contributed by atoms with Crippen molar-refractivity contribution < 1.29 is 4.79 Å². The van der Waals surface area contributed by atoms with Crippen molar-refractivity contribution in [3.8, 4) is 0 Å². The van der Waals surface area contributed by atoms with Crippen LogP contribution in [0.25, 0.3) is 0 Å². The molecule has 3 aromatic rings. The zero-order valence-corrected chi connectivity index (χ0v) is 17.7. The number of aromatic nitrogens is 2. The van der Waals surface area contributed by atoms with E-state index in [0.29, 0.717) is 5.75 Å². The number of aryl methyl sites for hydroxylation is 1. The van der Waals surface area contributed by atoms with Crippen LogP contribution in [-0.2, 0) is 4.79 Å². The minimum atomic E-state index is -0.130. The Hall–Kier alpha value is -1.90. The summed E-state index contributed by atoms with van der Waals surface area (Å²) >= 11 is 4.54. The first-order chi connectivity index (χ1) is 13.2. The number of hydrogen-bond acceptors (Lipinski definition) is 7. The number of hydrogen-bond donors (Lipinski definition) is 2. The summed E-state index contributed by atoms with van der Waals surface area (Å²) < 4.78 is 0.798. The SMILES string of the molecule is CCCNc1nnc(SCC(=O)NC(c2ccc(C)cc2)c2cccs2)s1. The minimum Gasteiger partial charge on any atom is -0.360 e. The molecular formula is C19H22N4OS3. The van der Waals surface area contributed by atoms with Crippen molar-refractivity contribution in [1.29, 1.82) is 0 Å². The first kappa shape index (κ1) is 19.9. The van der Waals surface area contributed by atoms with E-state index < -0.39 is 0 Å². The van der Waals surface area contributed by atoms with Crippen LogP contribution in [-0.4, -0.2) is 28.4 Å². The largest absolute Gasteiger partial charge is 0.360 e. The van der Waals surface area contributed by atoms with Crippen LogP contribution in [0.3, 0.4) is 0 Å². The van der Waals surface area contributed by atoms with E-state index in [2.05, 4.69) is 65.0 Å². The Bertz CT molecular complexity index is 846. The highest BCUT2D eigenvalue weighted by atomic mass is 32.2.